The molecule has 0 saturated heterocycles. The molecule has 0 N–H and O–H groups in total. The second kappa shape index (κ2) is 5.71. The Hall–Kier alpha value is -0.780. The number of nitrogens with zero attached hydrogens (tertiary/aromatic N) is 2. The largest absolute Gasteiger partial charge is 0.469 e. The first-order valence-corrected chi connectivity index (χ1v) is 5.66. The van der Waals surface area contributed by atoms with E-state index in [4.69, 9.17) is 11.6 Å². The molecule has 17 heavy (non-hydrogen) atoms. The molecule has 0 atom stereocenters. The molecule has 2 heterocycles. The van der Waals surface area contributed by atoms with Crippen LogP contribution in [0.3, 0.4) is 0 Å². The number of fused-ring (bicyclic) bond motifs is 1. The molecule has 0 fully saturated rings. The number of aromatic nitrogens is 2. The lowest BCUT2D eigenvalue weighted by atomic mass is 10.3. The van der Waals surface area contributed by atoms with Gasteiger partial charge in [0.2, 0.25) is 0 Å². The maximum Gasteiger partial charge on any atom is 0.311 e. The summed E-state index contributed by atoms with van der Waals surface area (Å²) >= 11 is 9.26. The molecular weight excluding hydrogens is 331 g/mol. The molecule has 0 aliphatic rings. The number of rotatable bonds is 2. The smallest absolute Gasteiger partial charge is 0.311 e. The Morgan fingerprint density at radius 3 is 2.94 bits per heavy atom. The Kier molecular flexibility index (Phi) is 4.80. The van der Waals surface area contributed by atoms with Gasteiger partial charge in [-0.25, -0.2) is 4.98 Å². The number of methoxy groups -OCH3 is 1. The van der Waals surface area contributed by atoms with Crippen LogP contribution in [0.5, 0.6) is 0 Å². The molecule has 0 aromatic carbocycles. The highest BCUT2D eigenvalue weighted by Gasteiger charge is 2.09. The van der Waals surface area contributed by atoms with Gasteiger partial charge in [-0.1, -0.05) is 11.6 Å². The molecule has 2 aromatic heterocycles. The van der Waals surface area contributed by atoms with Crippen LogP contribution in [0.1, 0.15) is 5.69 Å². The standard InChI is InChI=1S/C10H8BrClN2O2.ClH/c1-16-9(15)3-7-5-14-4-6(12)2-8(11)10(14)13-7;/h2,4-5H,3H2,1H3;1H. The molecule has 0 saturated carbocycles. The normalized spacial score (nSPS) is 10.1. The number of hydrogen-bond acceptors (Lipinski definition) is 3. The Bertz CT molecular complexity index is 556. The number of esters is 1. The van der Waals surface area contributed by atoms with Crippen LogP contribution in [0.4, 0.5) is 0 Å². The fraction of sp³-hybridized carbons (Fsp3) is 0.200. The predicted octanol–water partition coefficient (Wildman–Crippen LogP) is 2.89. The van der Waals surface area contributed by atoms with Gasteiger partial charge in [-0.2, -0.15) is 0 Å². The summed E-state index contributed by atoms with van der Waals surface area (Å²) in [5.74, 6) is -0.314. The van der Waals surface area contributed by atoms with Gasteiger partial charge in [0, 0.05) is 12.4 Å². The van der Waals surface area contributed by atoms with E-state index in [0.717, 1.165) is 10.1 Å². The summed E-state index contributed by atoms with van der Waals surface area (Å²) in [5.41, 5.74) is 1.37. The van der Waals surface area contributed by atoms with Crippen LogP contribution in [0.2, 0.25) is 5.02 Å². The lowest BCUT2D eigenvalue weighted by molar-refractivity contribution is -0.139. The molecular formula is C10H9BrCl2N2O2. The molecule has 2 rings (SSSR count). The van der Waals surface area contributed by atoms with E-state index >= 15 is 0 Å². The van der Waals surface area contributed by atoms with Crippen molar-refractivity contribution in [1.82, 2.24) is 9.38 Å². The lowest BCUT2D eigenvalue weighted by Gasteiger charge is -1.96. The summed E-state index contributed by atoms with van der Waals surface area (Å²) in [4.78, 5) is 15.4. The monoisotopic (exact) mass is 338 g/mol. The van der Waals surface area contributed by atoms with Gasteiger partial charge in [-0.15, -0.1) is 12.4 Å². The fourth-order valence-electron chi connectivity index (χ4n) is 1.38. The summed E-state index contributed by atoms with van der Waals surface area (Å²) in [6.45, 7) is 0. The zero-order chi connectivity index (χ0) is 11.7. The Morgan fingerprint density at radius 1 is 1.59 bits per heavy atom. The van der Waals surface area contributed by atoms with Crippen LogP contribution in [0.25, 0.3) is 5.65 Å². The topological polar surface area (TPSA) is 43.6 Å². The summed E-state index contributed by atoms with van der Waals surface area (Å²) < 4.78 is 7.13. The van der Waals surface area contributed by atoms with Gasteiger partial charge in [-0.05, 0) is 22.0 Å². The van der Waals surface area contributed by atoms with E-state index in [0.29, 0.717) is 10.7 Å². The maximum atomic E-state index is 11.1. The number of ether oxygens (including phenoxy) is 1. The van der Waals surface area contributed by atoms with Gasteiger partial charge in [0.1, 0.15) is 0 Å². The number of pyridine rings is 1. The summed E-state index contributed by atoms with van der Waals surface area (Å²) in [7, 11) is 1.35. The van der Waals surface area contributed by atoms with E-state index < -0.39 is 0 Å². The van der Waals surface area contributed by atoms with Crippen LogP contribution < -0.4 is 0 Å². The highest BCUT2D eigenvalue weighted by atomic mass is 79.9. The van der Waals surface area contributed by atoms with E-state index in [2.05, 4.69) is 25.7 Å². The van der Waals surface area contributed by atoms with Gasteiger partial charge in [0.15, 0.2) is 5.65 Å². The fourth-order valence-corrected chi connectivity index (χ4v) is 2.27. The SMILES string of the molecule is COC(=O)Cc1cn2cc(Cl)cc(Br)c2n1.Cl. The van der Waals surface area contributed by atoms with Crippen molar-refractivity contribution >= 4 is 51.6 Å². The number of carbonyl (C=O) groups is 1. The van der Waals surface area contributed by atoms with E-state index in [-0.39, 0.29) is 24.8 Å². The van der Waals surface area contributed by atoms with E-state index in [1.54, 1.807) is 22.9 Å². The molecule has 4 nitrogen and oxygen atoms in total. The minimum atomic E-state index is -0.314. The number of halogens is 3. The van der Waals surface area contributed by atoms with E-state index in [9.17, 15) is 4.79 Å². The maximum absolute atomic E-state index is 11.1. The summed E-state index contributed by atoms with van der Waals surface area (Å²) in [5, 5.41) is 0.599. The van der Waals surface area contributed by atoms with Crippen LogP contribution >= 0.6 is 39.9 Å². The van der Waals surface area contributed by atoms with Gasteiger partial charge in [0.05, 0.1) is 28.7 Å². The van der Waals surface area contributed by atoms with Crippen LogP contribution in [-0.2, 0) is 16.0 Å². The highest BCUT2D eigenvalue weighted by Crippen LogP contribution is 2.22. The first kappa shape index (κ1) is 14.3. The second-order valence-corrected chi connectivity index (χ2v) is 4.51. The van der Waals surface area contributed by atoms with Gasteiger partial charge >= 0.3 is 5.97 Å². The highest BCUT2D eigenvalue weighted by molar-refractivity contribution is 9.10. The molecule has 0 radical (unpaired) electrons. The Labute approximate surface area is 117 Å². The summed E-state index contributed by atoms with van der Waals surface area (Å²) in [6.07, 6.45) is 3.64. The van der Waals surface area contributed by atoms with Crippen molar-refractivity contribution in [2.75, 3.05) is 7.11 Å². The van der Waals surface area contributed by atoms with Crippen LogP contribution in [0, 0.1) is 0 Å². The molecule has 0 aliphatic carbocycles. The molecule has 0 amide bonds. The first-order valence-electron chi connectivity index (χ1n) is 4.49. The van der Waals surface area contributed by atoms with Crippen molar-refractivity contribution in [3.05, 3.63) is 33.6 Å². The number of imidazole rings is 1. The molecule has 0 aliphatic heterocycles. The quantitative estimate of drug-likeness (QED) is 0.790. The number of carbonyl (C=O) groups excluding carboxylic acids is 1. The van der Waals surface area contributed by atoms with Crippen LogP contribution in [-0.4, -0.2) is 22.5 Å². The average molecular weight is 340 g/mol. The average Bonchev–Trinajstić information content (AvgIpc) is 2.60. The number of hydrogen-bond donors (Lipinski definition) is 0. The van der Waals surface area contributed by atoms with E-state index in [1.165, 1.54) is 7.11 Å². The van der Waals surface area contributed by atoms with Crippen molar-refractivity contribution in [2.24, 2.45) is 0 Å². The first-order chi connectivity index (χ1) is 7.60. The second-order valence-electron chi connectivity index (χ2n) is 3.22. The molecule has 2 aromatic rings. The molecule has 92 valence electrons. The van der Waals surface area contributed by atoms with Crippen molar-refractivity contribution in [1.29, 1.82) is 0 Å². The van der Waals surface area contributed by atoms with Gasteiger partial charge in [0.25, 0.3) is 0 Å². The zero-order valence-corrected chi connectivity index (χ0v) is 12.0. The van der Waals surface area contributed by atoms with E-state index in [1.807, 2.05) is 0 Å². The third kappa shape index (κ3) is 3.12. The summed E-state index contributed by atoms with van der Waals surface area (Å²) in [6, 6.07) is 1.76. The van der Waals surface area contributed by atoms with Crippen LogP contribution in [0.15, 0.2) is 22.9 Å². The predicted molar refractivity (Wildman–Crippen MR) is 70.9 cm³/mol. The van der Waals surface area contributed by atoms with Crippen molar-refractivity contribution < 1.29 is 9.53 Å². The third-order valence-corrected chi connectivity index (χ3v) is 2.87. The minimum absolute atomic E-state index is 0. The van der Waals surface area contributed by atoms with Gasteiger partial charge in [-0.3, -0.25) is 4.79 Å². The van der Waals surface area contributed by atoms with Crippen molar-refractivity contribution in [3.8, 4) is 0 Å². The molecule has 7 heteroatoms. The Balaban J connectivity index is 0.00000144. The minimum Gasteiger partial charge on any atom is -0.469 e. The third-order valence-electron chi connectivity index (χ3n) is 2.08. The molecule has 0 unspecified atom stereocenters. The molecule has 0 spiro atoms. The molecule has 0 bridgehead atoms. The van der Waals surface area contributed by atoms with Crippen molar-refractivity contribution in [2.45, 2.75) is 6.42 Å². The zero-order valence-electron chi connectivity index (χ0n) is 8.81. The van der Waals surface area contributed by atoms with Gasteiger partial charge < -0.3 is 9.14 Å². The Morgan fingerprint density at radius 2 is 2.29 bits per heavy atom. The lowest BCUT2D eigenvalue weighted by Crippen LogP contribution is -2.04. The van der Waals surface area contributed by atoms with Crippen molar-refractivity contribution in [3.63, 3.8) is 0 Å².